The molecule has 1 aromatic heterocycles. The number of pyridine rings is 1. The average molecular weight is 294 g/mol. The van der Waals surface area contributed by atoms with Crippen LogP contribution in [-0.2, 0) is 0 Å². The molecule has 1 heterocycles. The van der Waals surface area contributed by atoms with Gasteiger partial charge in [-0.1, -0.05) is 17.7 Å². The van der Waals surface area contributed by atoms with Crippen LogP contribution in [0, 0.1) is 5.82 Å². The van der Waals surface area contributed by atoms with Gasteiger partial charge < -0.3 is 0 Å². The van der Waals surface area contributed by atoms with E-state index in [4.69, 9.17) is 11.6 Å². The van der Waals surface area contributed by atoms with Gasteiger partial charge in [-0.15, -0.1) is 0 Å². The van der Waals surface area contributed by atoms with Crippen molar-refractivity contribution in [3.63, 3.8) is 0 Å². The van der Waals surface area contributed by atoms with E-state index in [0.717, 1.165) is 6.07 Å². The molecule has 2 N–H and O–H groups in total. The molecule has 0 saturated heterocycles. The Balaban J connectivity index is 2.05. The second kappa shape index (κ2) is 6.12. The highest BCUT2D eigenvalue weighted by Gasteiger charge is 2.16. The predicted molar refractivity (Wildman–Crippen MR) is 70.6 cm³/mol. The minimum Gasteiger partial charge on any atom is -0.267 e. The summed E-state index contributed by atoms with van der Waals surface area (Å²) in [6, 6.07) is 6.80. The van der Waals surface area contributed by atoms with Gasteiger partial charge in [0.2, 0.25) is 0 Å². The van der Waals surface area contributed by atoms with E-state index in [2.05, 4.69) is 15.8 Å². The van der Waals surface area contributed by atoms with Crippen LogP contribution < -0.4 is 10.9 Å². The number of rotatable bonds is 2. The summed E-state index contributed by atoms with van der Waals surface area (Å²) >= 11 is 5.73. The summed E-state index contributed by atoms with van der Waals surface area (Å²) in [4.78, 5) is 27.2. The van der Waals surface area contributed by atoms with Crippen molar-refractivity contribution in [2.75, 3.05) is 0 Å². The first-order chi connectivity index (χ1) is 9.59. The number of carbonyl (C=O) groups excluding carboxylic acids is 2. The van der Waals surface area contributed by atoms with E-state index >= 15 is 0 Å². The maximum absolute atomic E-state index is 13.5. The first kappa shape index (κ1) is 14.0. The fraction of sp³-hybridized carbons (Fsp3) is 0. The van der Waals surface area contributed by atoms with E-state index in [1.54, 1.807) is 0 Å². The van der Waals surface area contributed by atoms with Crippen molar-refractivity contribution in [2.24, 2.45) is 0 Å². The zero-order chi connectivity index (χ0) is 14.5. The number of amides is 2. The number of nitrogens with zero attached hydrogens (tertiary/aromatic N) is 1. The van der Waals surface area contributed by atoms with Gasteiger partial charge in [0.15, 0.2) is 0 Å². The normalized spacial score (nSPS) is 9.90. The van der Waals surface area contributed by atoms with Gasteiger partial charge >= 0.3 is 0 Å². The molecule has 2 rings (SSSR count). The molecule has 0 bridgehead atoms. The summed E-state index contributed by atoms with van der Waals surface area (Å²) in [5.74, 6) is -2.16. The van der Waals surface area contributed by atoms with Crippen LogP contribution >= 0.6 is 11.6 Å². The van der Waals surface area contributed by atoms with Crippen molar-refractivity contribution in [3.05, 3.63) is 64.7 Å². The lowest BCUT2D eigenvalue weighted by atomic mass is 10.2. The fourth-order valence-electron chi connectivity index (χ4n) is 1.47. The molecule has 0 atom stereocenters. The summed E-state index contributed by atoms with van der Waals surface area (Å²) in [5.41, 5.74) is 4.23. The number of carbonyl (C=O) groups is 2. The Morgan fingerprint density at radius 3 is 2.35 bits per heavy atom. The lowest BCUT2D eigenvalue weighted by Crippen LogP contribution is -2.42. The average Bonchev–Trinajstić information content (AvgIpc) is 2.45. The molecule has 20 heavy (non-hydrogen) atoms. The van der Waals surface area contributed by atoms with Crippen molar-refractivity contribution in [2.45, 2.75) is 0 Å². The molecular weight excluding hydrogens is 285 g/mol. The Morgan fingerprint density at radius 2 is 1.70 bits per heavy atom. The minimum absolute atomic E-state index is 0.0411. The summed E-state index contributed by atoms with van der Waals surface area (Å²) in [6.45, 7) is 0. The third-order valence-electron chi connectivity index (χ3n) is 2.42. The Hall–Kier alpha value is -2.47. The monoisotopic (exact) mass is 293 g/mol. The molecule has 0 spiro atoms. The molecule has 0 unspecified atom stereocenters. The zero-order valence-corrected chi connectivity index (χ0v) is 10.8. The van der Waals surface area contributed by atoms with E-state index in [9.17, 15) is 14.0 Å². The highest BCUT2D eigenvalue weighted by Crippen LogP contribution is 2.18. The van der Waals surface area contributed by atoms with Crippen molar-refractivity contribution < 1.29 is 14.0 Å². The van der Waals surface area contributed by atoms with Crippen LogP contribution in [0.25, 0.3) is 0 Å². The van der Waals surface area contributed by atoms with Gasteiger partial charge in [-0.3, -0.25) is 25.4 Å². The molecular formula is C13H9ClFN3O2. The van der Waals surface area contributed by atoms with Crippen molar-refractivity contribution in [1.29, 1.82) is 0 Å². The van der Waals surface area contributed by atoms with Gasteiger partial charge in [0.25, 0.3) is 11.8 Å². The SMILES string of the molecule is O=C(NNC(=O)c1c(F)cccc1Cl)c1ccncc1. The molecule has 0 fully saturated rings. The molecule has 0 radical (unpaired) electrons. The summed E-state index contributed by atoms with van der Waals surface area (Å²) in [7, 11) is 0. The smallest absolute Gasteiger partial charge is 0.267 e. The molecule has 2 aromatic rings. The van der Waals surface area contributed by atoms with Crippen LogP contribution in [0.1, 0.15) is 20.7 Å². The number of halogens is 2. The molecule has 0 aliphatic heterocycles. The van der Waals surface area contributed by atoms with E-state index in [-0.39, 0.29) is 10.6 Å². The number of hydrazine groups is 1. The van der Waals surface area contributed by atoms with Gasteiger partial charge in [0, 0.05) is 18.0 Å². The third-order valence-corrected chi connectivity index (χ3v) is 2.74. The van der Waals surface area contributed by atoms with Crippen molar-refractivity contribution in [1.82, 2.24) is 15.8 Å². The Labute approximate surface area is 118 Å². The van der Waals surface area contributed by atoms with Gasteiger partial charge in [-0.2, -0.15) is 0 Å². The maximum Gasteiger partial charge on any atom is 0.274 e. The Morgan fingerprint density at radius 1 is 1.05 bits per heavy atom. The molecule has 102 valence electrons. The Kier molecular flexibility index (Phi) is 4.27. The van der Waals surface area contributed by atoms with Crippen LogP contribution in [0.2, 0.25) is 5.02 Å². The first-order valence-electron chi connectivity index (χ1n) is 5.54. The van der Waals surface area contributed by atoms with Crippen LogP contribution in [0.15, 0.2) is 42.7 Å². The fourth-order valence-corrected chi connectivity index (χ4v) is 1.72. The van der Waals surface area contributed by atoms with Gasteiger partial charge in [-0.25, -0.2) is 4.39 Å². The molecule has 0 aliphatic carbocycles. The lowest BCUT2D eigenvalue weighted by Gasteiger charge is -2.09. The van der Waals surface area contributed by atoms with E-state index < -0.39 is 17.6 Å². The maximum atomic E-state index is 13.5. The minimum atomic E-state index is -0.837. The second-order valence-corrected chi connectivity index (χ2v) is 4.15. The molecule has 0 saturated carbocycles. The van der Waals surface area contributed by atoms with Gasteiger partial charge in [0.1, 0.15) is 5.82 Å². The number of hydrogen-bond acceptors (Lipinski definition) is 3. The van der Waals surface area contributed by atoms with Crippen molar-refractivity contribution in [3.8, 4) is 0 Å². The molecule has 2 amide bonds. The topological polar surface area (TPSA) is 71.1 Å². The van der Waals surface area contributed by atoms with E-state index in [0.29, 0.717) is 5.56 Å². The van der Waals surface area contributed by atoms with Crippen LogP contribution in [0.5, 0.6) is 0 Å². The summed E-state index contributed by atoms with van der Waals surface area (Å²) in [5, 5.41) is -0.0411. The standard InChI is InChI=1S/C13H9ClFN3O2/c14-9-2-1-3-10(15)11(9)13(20)18-17-12(19)8-4-6-16-7-5-8/h1-7H,(H,17,19)(H,18,20). The number of benzene rings is 1. The number of nitrogens with one attached hydrogen (secondary N) is 2. The second-order valence-electron chi connectivity index (χ2n) is 3.74. The summed E-state index contributed by atoms with van der Waals surface area (Å²) < 4.78 is 13.5. The number of hydrogen-bond donors (Lipinski definition) is 2. The quantitative estimate of drug-likeness (QED) is 0.831. The largest absolute Gasteiger partial charge is 0.274 e. The third kappa shape index (κ3) is 3.10. The van der Waals surface area contributed by atoms with E-state index in [1.807, 2.05) is 0 Å². The van der Waals surface area contributed by atoms with Gasteiger partial charge in [0.05, 0.1) is 10.6 Å². The molecule has 7 heteroatoms. The van der Waals surface area contributed by atoms with Crippen LogP contribution in [0.4, 0.5) is 4.39 Å². The first-order valence-corrected chi connectivity index (χ1v) is 5.92. The number of aromatic nitrogens is 1. The zero-order valence-electron chi connectivity index (χ0n) is 10.1. The predicted octanol–water partition coefficient (Wildman–Crippen LogP) is 1.95. The van der Waals surface area contributed by atoms with Crippen LogP contribution in [0.3, 0.4) is 0 Å². The highest BCUT2D eigenvalue weighted by molar-refractivity contribution is 6.33. The lowest BCUT2D eigenvalue weighted by molar-refractivity contribution is 0.0844. The Bertz CT molecular complexity index is 629. The molecule has 5 nitrogen and oxygen atoms in total. The molecule has 0 aliphatic rings. The van der Waals surface area contributed by atoms with Gasteiger partial charge in [-0.05, 0) is 24.3 Å². The summed E-state index contributed by atoms with van der Waals surface area (Å²) in [6.07, 6.45) is 2.87. The van der Waals surface area contributed by atoms with Crippen molar-refractivity contribution >= 4 is 23.4 Å². The van der Waals surface area contributed by atoms with Crippen LogP contribution in [-0.4, -0.2) is 16.8 Å². The van der Waals surface area contributed by atoms with E-state index in [1.165, 1.54) is 36.7 Å². The highest BCUT2D eigenvalue weighted by atomic mass is 35.5. The molecule has 1 aromatic carbocycles.